The van der Waals surface area contributed by atoms with Crippen molar-refractivity contribution in [1.82, 2.24) is 15.1 Å². The Hall–Kier alpha value is -1.39. The van der Waals surface area contributed by atoms with Crippen LogP contribution in [-0.2, 0) is 11.3 Å². The molecule has 2 saturated heterocycles. The Morgan fingerprint density at radius 2 is 1.83 bits per heavy atom. The molecule has 0 aromatic heterocycles. The number of benzene rings is 1. The maximum absolute atomic E-state index is 12.6. The monoisotopic (exact) mass is 329 g/mol. The normalized spacial score (nSPS) is 22.6. The minimum Gasteiger partial charge on any atom is -0.353 e. The highest BCUT2D eigenvalue weighted by molar-refractivity contribution is 5.82. The lowest BCUT2D eigenvalue weighted by Crippen LogP contribution is -2.45. The molecule has 1 N–H and O–H groups in total. The molecule has 4 heteroatoms. The molecule has 2 heterocycles. The number of aryl methyl sites for hydroxylation is 1. The summed E-state index contributed by atoms with van der Waals surface area (Å²) in [6.07, 6.45) is 6.08. The van der Waals surface area contributed by atoms with E-state index in [-0.39, 0.29) is 11.9 Å². The molecule has 1 aromatic carbocycles. The number of carbonyl (C=O) groups is 1. The van der Waals surface area contributed by atoms with Gasteiger partial charge in [-0.3, -0.25) is 9.69 Å². The summed E-state index contributed by atoms with van der Waals surface area (Å²) in [6, 6.07) is 8.71. The van der Waals surface area contributed by atoms with Crippen molar-refractivity contribution >= 4 is 5.91 Å². The van der Waals surface area contributed by atoms with Crippen LogP contribution in [0.2, 0.25) is 0 Å². The van der Waals surface area contributed by atoms with Crippen LogP contribution in [0.5, 0.6) is 0 Å². The molecule has 2 fully saturated rings. The highest BCUT2D eigenvalue weighted by Crippen LogP contribution is 2.20. The van der Waals surface area contributed by atoms with Crippen molar-refractivity contribution in [2.75, 3.05) is 32.7 Å². The molecule has 24 heavy (non-hydrogen) atoms. The Morgan fingerprint density at radius 1 is 1.08 bits per heavy atom. The molecule has 0 bridgehead atoms. The molecule has 0 saturated carbocycles. The van der Waals surface area contributed by atoms with Crippen molar-refractivity contribution in [3.63, 3.8) is 0 Å². The van der Waals surface area contributed by atoms with Gasteiger partial charge in [0.25, 0.3) is 0 Å². The maximum Gasteiger partial charge on any atom is 0.237 e. The summed E-state index contributed by atoms with van der Waals surface area (Å²) < 4.78 is 0. The molecule has 4 nitrogen and oxygen atoms in total. The highest BCUT2D eigenvalue weighted by atomic mass is 16.2. The number of nitrogens with zero attached hydrogens (tertiary/aromatic N) is 2. The summed E-state index contributed by atoms with van der Waals surface area (Å²) in [5.41, 5.74) is 2.58. The van der Waals surface area contributed by atoms with Gasteiger partial charge in [0, 0.05) is 19.6 Å². The lowest BCUT2D eigenvalue weighted by Gasteiger charge is -2.27. The zero-order valence-electron chi connectivity index (χ0n) is 15.0. The van der Waals surface area contributed by atoms with Crippen molar-refractivity contribution in [1.29, 1.82) is 0 Å². The summed E-state index contributed by atoms with van der Waals surface area (Å²) in [6.45, 7) is 8.18. The van der Waals surface area contributed by atoms with Crippen LogP contribution >= 0.6 is 0 Å². The quantitative estimate of drug-likeness (QED) is 0.871. The number of hydrogen-bond donors (Lipinski definition) is 1. The Morgan fingerprint density at radius 3 is 2.58 bits per heavy atom. The van der Waals surface area contributed by atoms with Gasteiger partial charge < -0.3 is 10.2 Å². The van der Waals surface area contributed by atoms with Gasteiger partial charge in [0.1, 0.15) is 0 Å². The minimum absolute atomic E-state index is 0.0488. The van der Waals surface area contributed by atoms with E-state index in [2.05, 4.69) is 46.3 Å². The molecular formula is C20H31N3O. The SMILES string of the molecule is Cc1ccc(CN2CCCC2C(=O)NCCN2CCCCC2)cc1. The van der Waals surface area contributed by atoms with E-state index in [0.29, 0.717) is 0 Å². The van der Waals surface area contributed by atoms with Gasteiger partial charge in [0.05, 0.1) is 6.04 Å². The van der Waals surface area contributed by atoms with E-state index in [1.165, 1.54) is 43.5 Å². The van der Waals surface area contributed by atoms with Gasteiger partial charge >= 0.3 is 0 Å². The summed E-state index contributed by atoms with van der Waals surface area (Å²) in [5.74, 6) is 0.219. The Kier molecular flexibility index (Phi) is 6.27. The van der Waals surface area contributed by atoms with E-state index in [9.17, 15) is 4.79 Å². The topological polar surface area (TPSA) is 35.6 Å². The third-order valence-electron chi connectivity index (χ3n) is 5.35. The van der Waals surface area contributed by atoms with Gasteiger partial charge in [-0.05, 0) is 57.8 Å². The molecule has 1 aromatic rings. The molecule has 3 rings (SSSR count). The summed E-state index contributed by atoms with van der Waals surface area (Å²) in [5, 5.41) is 3.17. The van der Waals surface area contributed by atoms with Crippen LogP contribution in [-0.4, -0.2) is 54.5 Å². The second-order valence-corrected chi connectivity index (χ2v) is 7.31. The van der Waals surface area contributed by atoms with E-state index in [1.807, 2.05) is 0 Å². The molecule has 2 aliphatic heterocycles. The minimum atomic E-state index is 0.0488. The molecule has 0 radical (unpaired) electrons. The fourth-order valence-corrected chi connectivity index (χ4v) is 3.88. The smallest absolute Gasteiger partial charge is 0.237 e. The average molecular weight is 329 g/mol. The second kappa shape index (κ2) is 8.63. The van der Waals surface area contributed by atoms with Crippen LogP contribution in [0.25, 0.3) is 0 Å². The van der Waals surface area contributed by atoms with E-state index in [4.69, 9.17) is 0 Å². The third kappa shape index (κ3) is 4.81. The molecule has 132 valence electrons. The number of nitrogens with one attached hydrogen (secondary N) is 1. The zero-order valence-corrected chi connectivity index (χ0v) is 15.0. The maximum atomic E-state index is 12.6. The van der Waals surface area contributed by atoms with E-state index in [0.717, 1.165) is 39.0 Å². The first kappa shape index (κ1) is 17.4. The van der Waals surface area contributed by atoms with Crippen LogP contribution in [0.15, 0.2) is 24.3 Å². The molecular weight excluding hydrogens is 298 g/mol. The number of amides is 1. The molecule has 1 atom stereocenters. The van der Waals surface area contributed by atoms with Crippen molar-refractivity contribution in [2.24, 2.45) is 0 Å². The van der Waals surface area contributed by atoms with Gasteiger partial charge in [0.15, 0.2) is 0 Å². The fourth-order valence-electron chi connectivity index (χ4n) is 3.88. The first-order valence-electron chi connectivity index (χ1n) is 9.52. The molecule has 1 amide bonds. The van der Waals surface area contributed by atoms with E-state index < -0.39 is 0 Å². The highest BCUT2D eigenvalue weighted by Gasteiger charge is 2.30. The van der Waals surface area contributed by atoms with Crippen molar-refractivity contribution in [3.8, 4) is 0 Å². The Bertz CT molecular complexity index is 522. The largest absolute Gasteiger partial charge is 0.353 e. The number of piperidine rings is 1. The first-order chi connectivity index (χ1) is 11.7. The van der Waals surface area contributed by atoms with Crippen molar-refractivity contribution in [2.45, 2.75) is 51.6 Å². The lowest BCUT2D eigenvalue weighted by atomic mass is 10.1. The molecule has 1 unspecified atom stereocenters. The lowest BCUT2D eigenvalue weighted by molar-refractivity contribution is -0.125. The number of carbonyl (C=O) groups excluding carboxylic acids is 1. The van der Waals surface area contributed by atoms with Gasteiger partial charge in [0.2, 0.25) is 5.91 Å². The summed E-state index contributed by atoms with van der Waals surface area (Å²) >= 11 is 0. The van der Waals surface area contributed by atoms with Crippen LogP contribution in [0.4, 0.5) is 0 Å². The van der Waals surface area contributed by atoms with Crippen LogP contribution < -0.4 is 5.32 Å². The Labute approximate surface area is 146 Å². The van der Waals surface area contributed by atoms with E-state index >= 15 is 0 Å². The number of rotatable bonds is 6. The summed E-state index contributed by atoms with van der Waals surface area (Å²) in [7, 11) is 0. The third-order valence-corrected chi connectivity index (χ3v) is 5.35. The van der Waals surface area contributed by atoms with E-state index in [1.54, 1.807) is 0 Å². The standard InChI is InChI=1S/C20H31N3O/c1-17-7-9-18(10-8-17)16-23-14-5-6-19(23)20(24)21-11-15-22-12-3-2-4-13-22/h7-10,19H,2-6,11-16H2,1H3,(H,21,24). The van der Waals surface area contributed by atoms with Gasteiger partial charge in [-0.15, -0.1) is 0 Å². The first-order valence-corrected chi connectivity index (χ1v) is 9.52. The van der Waals surface area contributed by atoms with Crippen LogP contribution in [0.1, 0.15) is 43.2 Å². The predicted octanol–water partition coefficient (Wildman–Crippen LogP) is 2.56. The molecule has 0 spiro atoms. The average Bonchev–Trinajstić information content (AvgIpc) is 3.06. The number of likely N-dealkylation sites (tertiary alicyclic amines) is 2. The Balaban J connectivity index is 1.45. The van der Waals surface area contributed by atoms with Crippen LogP contribution in [0.3, 0.4) is 0 Å². The van der Waals surface area contributed by atoms with Gasteiger partial charge in [-0.25, -0.2) is 0 Å². The zero-order chi connectivity index (χ0) is 16.8. The molecule has 2 aliphatic rings. The fraction of sp³-hybridized carbons (Fsp3) is 0.650. The second-order valence-electron chi connectivity index (χ2n) is 7.31. The van der Waals surface area contributed by atoms with Gasteiger partial charge in [-0.1, -0.05) is 36.2 Å². The van der Waals surface area contributed by atoms with Crippen molar-refractivity contribution in [3.05, 3.63) is 35.4 Å². The summed E-state index contributed by atoms with van der Waals surface area (Å²) in [4.78, 5) is 17.4. The van der Waals surface area contributed by atoms with Gasteiger partial charge in [-0.2, -0.15) is 0 Å². The van der Waals surface area contributed by atoms with Crippen molar-refractivity contribution < 1.29 is 4.79 Å². The van der Waals surface area contributed by atoms with Crippen LogP contribution in [0, 0.1) is 6.92 Å². The predicted molar refractivity (Wildman–Crippen MR) is 97.9 cm³/mol. The molecule has 0 aliphatic carbocycles. The number of hydrogen-bond acceptors (Lipinski definition) is 3.